The van der Waals surface area contributed by atoms with Gasteiger partial charge in [0.1, 0.15) is 5.82 Å². The van der Waals surface area contributed by atoms with Crippen LogP contribution in [0.1, 0.15) is 51.4 Å². The molecule has 2 amide bonds. The average molecular weight is 450 g/mol. The average Bonchev–Trinajstić information content (AvgIpc) is 2.71. The summed E-state index contributed by atoms with van der Waals surface area (Å²) in [5.74, 6) is 1.94. The van der Waals surface area contributed by atoms with E-state index in [-0.39, 0.29) is 22.4 Å². The highest BCUT2D eigenvalue weighted by Crippen LogP contribution is 2.55. The Hall–Kier alpha value is -1.67. The van der Waals surface area contributed by atoms with Crippen LogP contribution >= 0.6 is 0 Å². The predicted octanol–water partition coefficient (Wildman–Crippen LogP) is 3.49. The topological polar surface area (TPSA) is 78.5 Å². The van der Waals surface area contributed by atoms with E-state index in [2.05, 4.69) is 10.6 Å². The Morgan fingerprint density at radius 2 is 1.68 bits per heavy atom. The molecule has 4 saturated carbocycles. The quantitative estimate of drug-likeness (QED) is 0.722. The van der Waals surface area contributed by atoms with E-state index in [9.17, 15) is 17.6 Å². The number of amides is 2. The number of sulfonamides is 1. The lowest BCUT2D eigenvalue weighted by Gasteiger charge is -2.56. The number of carbonyl (C=O) groups is 1. The fourth-order valence-electron chi connectivity index (χ4n) is 6.95. The highest BCUT2D eigenvalue weighted by molar-refractivity contribution is 7.89. The van der Waals surface area contributed by atoms with Gasteiger partial charge in [-0.2, -0.15) is 4.31 Å². The second-order valence-corrected chi connectivity index (χ2v) is 12.3. The molecule has 1 atom stereocenters. The molecule has 31 heavy (non-hydrogen) atoms. The first-order valence-corrected chi connectivity index (χ1v) is 13.1. The van der Waals surface area contributed by atoms with Crippen molar-refractivity contribution in [1.82, 2.24) is 14.9 Å². The molecule has 0 radical (unpaired) electrons. The van der Waals surface area contributed by atoms with Gasteiger partial charge in [0.05, 0.1) is 4.90 Å². The van der Waals surface area contributed by atoms with Gasteiger partial charge in [-0.1, -0.05) is 0 Å². The van der Waals surface area contributed by atoms with Gasteiger partial charge >= 0.3 is 6.03 Å². The highest BCUT2D eigenvalue weighted by atomic mass is 32.2. The molecule has 1 saturated heterocycles. The van der Waals surface area contributed by atoms with Gasteiger partial charge in [-0.05, 0) is 99.3 Å². The molecule has 5 fully saturated rings. The first-order valence-electron chi connectivity index (χ1n) is 11.6. The van der Waals surface area contributed by atoms with Gasteiger partial charge in [0.2, 0.25) is 10.0 Å². The zero-order valence-electron chi connectivity index (χ0n) is 17.9. The third kappa shape index (κ3) is 4.33. The molecule has 0 aromatic heterocycles. The minimum atomic E-state index is -3.65. The SMILES string of the molecule is O=C(NCC1CCCN(S(=O)(=O)c2ccc(F)cc2)C1)NC12CC3CC(CC(C3)C1)C2. The molecular formula is C23H32FN3O3S. The third-order valence-electron chi connectivity index (χ3n) is 7.90. The molecule has 1 aromatic carbocycles. The standard InChI is InChI=1S/C23H32FN3O3S/c24-20-3-5-21(6-4-20)31(29,30)27-7-1-2-16(15-27)14-25-22(28)26-23-11-17-8-18(12-23)10-19(9-17)13-23/h3-6,16-19H,1-2,7-15H2,(H2,25,26,28). The second kappa shape index (κ2) is 8.03. The van der Waals surface area contributed by atoms with Gasteiger partial charge in [-0.3, -0.25) is 0 Å². The number of halogens is 1. The molecule has 1 unspecified atom stereocenters. The van der Waals surface area contributed by atoms with E-state index in [0.29, 0.717) is 19.6 Å². The molecule has 6 nitrogen and oxygen atoms in total. The number of carbonyl (C=O) groups excluding carboxylic acids is 1. The smallest absolute Gasteiger partial charge is 0.315 e. The molecule has 170 valence electrons. The summed E-state index contributed by atoms with van der Waals surface area (Å²) in [5.41, 5.74) is -0.0244. The summed E-state index contributed by atoms with van der Waals surface area (Å²) in [6.07, 6.45) is 8.98. The summed E-state index contributed by atoms with van der Waals surface area (Å²) in [6, 6.07) is 4.85. The fourth-order valence-corrected chi connectivity index (χ4v) is 8.51. The van der Waals surface area contributed by atoms with E-state index in [1.807, 2.05) is 0 Å². The Morgan fingerprint density at radius 1 is 1.06 bits per heavy atom. The largest absolute Gasteiger partial charge is 0.338 e. The summed E-state index contributed by atoms with van der Waals surface area (Å²) < 4.78 is 40.4. The van der Waals surface area contributed by atoms with Crippen LogP contribution in [0.15, 0.2) is 29.2 Å². The number of nitrogens with zero attached hydrogens (tertiary/aromatic N) is 1. The minimum absolute atomic E-state index is 0.0244. The van der Waals surface area contributed by atoms with Crippen molar-refractivity contribution < 1.29 is 17.6 Å². The lowest BCUT2D eigenvalue weighted by atomic mass is 9.53. The molecule has 8 heteroatoms. The Balaban J connectivity index is 1.16. The van der Waals surface area contributed by atoms with E-state index >= 15 is 0 Å². The zero-order valence-corrected chi connectivity index (χ0v) is 18.7. The maximum atomic E-state index is 13.2. The number of rotatable bonds is 5. The van der Waals surface area contributed by atoms with Crippen molar-refractivity contribution in [2.75, 3.05) is 19.6 Å². The summed E-state index contributed by atoms with van der Waals surface area (Å²) in [5, 5.41) is 6.34. The van der Waals surface area contributed by atoms with Crippen molar-refractivity contribution in [3.05, 3.63) is 30.1 Å². The molecule has 4 bridgehead atoms. The lowest BCUT2D eigenvalue weighted by molar-refractivity contribution is -0.0135. The molecule has 5 aliphatic rings. The monoisotopic (exact) mass is 449 g/mol. The molecule has 0 spiro atoms. The van der Waals surface area contributed by atoms with Crippen LogP contribution in [0, 0.1) is 29.5 Å². The van der Waals surface area contributed by atoms with Crippen LogP contribution in [0.3, 0.4) is 0 Å². The van der Waals surface area contributed by atoms with E-state index in [0.717, 1.165) is 49.9 Å². The first-order chi connectivity index (χ1) is 14.8. The molecular weight excluding hydrogens is 417 g/mol. The summed E-state index contributed by atoms with van der Waals surface area (Å²) in [6.45, 7) is 1.29. The number of benzene rings is 1. The Morgan fingerprint density at radius 3 is 2.29 bits per heavy atom. The van der Waals surface area contributed by atoms with Gasteiger partial charge in [0.15, 0.2) is 0 Å². The van der Waals surface area contributed by atoms with Crippen LogP contribution in [-0.2, 0) is 10.0 Å². The van der Waals surface area contributed by atoms with Gasteiger partial charge in [0.25, 0.3) is 0 Å². The van der Waals surface area contributed by atoms with Crippen molar-refractivity contribution in [2.45, 2.75) is 61.8 Å². The minimum Gasteiger partial charge on any atom is -0.338 e. The van der Waals surface area contributed by atoms with Crippen LogP contribution in [0.25, 0.3) is 0 Å². The molecule has 4 aliphatic carbocycles. The van der Waals surface area contributed by atoms with E-state index in [4.69, 9.17) is 0 Å². The number of nitrogens with one attached hydrogen (secondary N) is 2. The predicted molar refractivity (Wildman–Crippen MR) is 115 cm³/mol. The van der Waals surface area contributed by atoms with Crippen molar-refractivity contribution in [2.24, 2.45) is 23.7 Å². The van der Waals surface area contributed by atoms with Gasteiger partial charge < -0.3 is 10.6 Å². The van der Waals surface area contributed by atoms with Crippen molar-refractivity contribution in [1.29, 1.82) is 0 Å². The van der Waals surface area contributed by atoms with Gasteiger partial charge in [-0.25, -0.2) is 17.6 Å². The van der Waals surface area contributed by atoms with Crippen LogP contribution < -0.4 is 10.6 Å². The Kier molecular flexibility index (Phi) is 5.49. The Labute approximate surface area is 184 Å². The maximum Gasteiger partial charge on any atom is 0.315 e. The first kappa shape index (κ1) is 21.2. The lowest BCUT2D eigenvalue weighted by Crippen LogP contribution is -2.61. The molecule has 1 aromatic rings. The summed E-state index contributed by atoms with van der Waals surface area (Å²) in [4.78, 5) is 12.8. The van der Waals surface area contributed by atoms with Crippen molar-refractivity contribution in [3.63, 3.8) is 0 Å². The van der Waals surface area contributed by atoms with Crippen molar-refractivity contribution >= 4 is 16.1 Å². The normalized spacial score (nSPS) is 35.1. The van der Waals surface area contributed by atoms with E-state index in [1.165, 1.54) is 47.8 Å². The molecule has 1 heterocycles. The molecule has 6 rings (SSSR count). The van der Waals surface area contributed by atoms with E-state index < -0.39 is 15.8 Å². The number of piperidine rings is 1. The van der Waals surface area contributed by atoms with E-state index in [1.54, 1.807) is 0 Å². The highest BCUT2D eigenvalue weighted by Gasteiger charge is 2.51. The van der Waals surface area contributed by atoms with Crippen LogP contribution in [0.5, 0.6) is 0 Å². The van der Waals surface area contributed by atoms with Crippen LogP contribution in [-0.4, -0.2) is 43.9 Å². The molecule has 1 aliphatic heterocycles. The number of hydrogen-bond acceptors (Lipinski definition) is 3. The maximum absolute atomic E-state index is 13.2. The third-order valence-corrected chi connectivity index (χ3v) is 9.78. The number of hydrogen-bond donors (Lipinski definition) is 2. The van der Waals surface area contributed by atoms with Crippen LogP contribution in [0.4, 0.5) is 9.18 Å². The van der Waals surface area contributed by atoms with Gasteiger partial charge in [-0.15, -0.1) is 0 Å². The fraction of sp³-hybridized carbons (Fsp3) is 0.696. The second-order valence-electron chi connectivity index (χ2n) is 10.4. The van der Waals surface area contributed by atoms with Gasteiger partial charge in [0, 0.05) is 25.2 Å². The Bertz CT molecular complexity index is 899. The number of urea groups is 1. The zero-order chi connectivity index (χ0) is 21.6. The molecule has 2 N–H and O–H groups in total. The summed E-state index contributed by atoms with van der Waals surface area (Å²) >= 11 is 0. The van der Waals surface area contributed by atoms with Crippen molar-refractivity contribution in [3.8, 4) is 0 Å². The van der Waals surface area contributed by atoms with Crippen LogP contribution in [0.2, 0.25) is 0 Å². The summed E-state index contributed by atoms with van der Waals surface area (Å²) in [7, 11) is -3.65.